The SMILES string of the molecule is COc1ccc(CC(=O)N(C)C(C)c2nc3ccccc3c(=O)n2-c2cccc(C)c2)cc1. The van der Waals surface area contributed by atoms with Crippen LogP contribution in [0.15, 0.2) is 77.6 Å². The van der Waals surface area contributed by atoms with Gasteiger partial charge in [-0.15, -0.1) is 0 Å². The Hall–Kier alpha value is -3.93. The van der Waals surface area contributed by atoms with Crippen LogP contribution in [0.4, 0.5) is 0 Å². The molecule has 0 aliphatic heterocycles. The van der Waals surface area contributed by atoms with Gasteiger partial charge in [-0.05, 0) is 61.4 Å². The minimum absolute atomic E-state index is 0.0640. The summed E-state index contributed by atoms with van der Waals surface area (Å²) in [6.45, 7) is 3.88. The van der Waals surface area contributed by atoms with Gasteiger partial charge in [-0.25, -0.2) is 4.98 Å². The Bertz CT molecular complexity index is 1360. The van der Waals surface area contributed by atoms with Crippen molar-refractivity contribution in [1.82, 2.24) is 14.5 Å². The molecular weight excluding hydrogens is 414 g/mol. The number of hydrogen-bond donors (Lipinski definition) is 0. The number of aryl methyl sites for hydroxylation is 1. The summed E-state index contributed by atoms with van der Waals surface area (Å²) < 4.78 is 6.81. The minimum Gasteiger partial charge on any atom is -0.497 e. The van der Waals surface area contributed by atoms with Gasteiger partial charge in [0.2, 0.25) is 5.91 Å². The van der Waals surface area contributed by atoms with Crippen molar-refractivity contribution in [1.29, 1.82) is 0 Å². The monoisotopic (exact) mass is 441 g/mol. The van der Waals surface area contributed by atoms with Gasteiger partial charge < -0.3 is 9.64 Å². The topological polar surface area (TPSA) is 64.4 Å². The number of rotatable bonds is 6. The van der Waals surface area contributed by atoms with Crippen LogP contribution >= 0.6 is 0 Å². The van der Waals surface area contributed by atoms with Crippen LogP contribution in [-0.2, 0) is 11.2 Å². The molecule has 0 aliphatic rings. The third-order valence-corrected chi connectivity index (χ3v) is 5.92. The van der Waals surface area contributed by atoms with E-state index in [0.29, 0.717) is 16.7 Å². The number of carbonyl (C=O) groups is 1. The van der Waals surface area contributed by atoms with Crippen LogP contribution in [0.2, 0.25) is 0 Å². The number of para-hydroxylation sites is 1. The third-order valence-electron chi connectivity index (χ3n) is 5.92. The molecule has 0 spiro atoms. The molecule has 0 N–H and O–H groups in total. The van der Waals surface area contributed by atoms with Crippen molar-refractivity contribution >= 4 is 16.8 Å². The molecule has 0 aliphatic carbocycles. The van der Waals surface area contributed by atoms with Gasteiger partial charge in [0.15, 0.2) is 0 Å². The zero-order valence-corrected chi connectivity index (χ0v) is 19.3. The molecule has 0 saturated carbocycles. The predicted octanol–water partition coefficient (Wildman–Crippen LogP) is 4.46. The fourth-order valence-electron chi connectivity index (χ4n) is 3.88. The number of methoxy groups -OCH3 is 1. The molecule has 1 unspecified atom stereocenters. The highest BCUT2D eigenvalue weighted by molar-refractivity contribution is 5.80. The molecule has 1 heterocycles. The van der Waals surface area contributed by atoms with Gasteiger partial charge in [-0.2, -0.15) is 0 Å². The van der Waals surface area contributed by atoms with E-state index in [4.69, 9.17) is 9.72 Å². The van der Waals surface area contributed by atoms with Crippen LogP contribution in [0.5, 0.6) is 5.75 Å². The fourth-order valence-corrected chi connectivity index (χ4v) is 3.88. The second kappa shape index (κ2) is 9.28. The van der Waals surface area contributed by atoms with Crippen molar-refractivity contribution in [3.8, 4) is 11.4 Å². The molecule has 6 nitrogen and oxygen atoms in total. The summed E-state index contributed by atoms with van der Waals surface area (Å²) >= 11 is 0. The van der Waals surface area contributed by atoms with E-state index in [9.17, 15) is 9.59 Å². The Morgan fingerprint density at radius 3 is 2.48 bits per heavy atom. The molecule has 0 saturated heterocycles. The highest BCUT2D eigenvalue weighted by Crippen LogP contribution is 2.23. The summed E-state index contributed by atoms with van der Waals surface area (Å²) in [6.07, 6.45) is 0.243. The molecular formula is C27H27N3O3. The second-order valence-electron chi connectivity index (χ2n) is 8.17. The predicted molar refractivity (Wildman–Crippen MR) is 130 cm³/mol. The number of hydrogen-bond acceptors (Lipinski definition) is 4. The number of nitrogens with zero attached hydrogens (tertiary/aromatic N) is 3. The van der Waals surface area contributed by atoms with E-state index in [1.54, 1.807) is 29.7 Å². The van der Waals surface area contributed by atoms with Crippen LogP contribution in [0.1, 0.15) is 29.9 Å². The molecule has 0 radical (unpaired) electrons. The smallest absolute Gasteiger partial charge is 0.266 e. The van der Waals surface area contributed by atoms with Gasteiger partial charge in [-0.3, -0.25) is 14.2 Å². The van der Waals surface area contributed by atoms with Crippen molar-refractivity contribution in [2.24, 2.45) is 0 Å². The Balaban J connectivity index is 1.74. The lowest BCUT2D eigenvalue weighted by molar-refractivity contribution is -0.131. The number of amides is 1. The Morgan fingerprint density at radius 1 is 1.06 bits per heavy atom. The summed E-state index contributed by atoms with van der Waals surface area (Å²) in [5, 5.41) is 0.544. The van der Waals surface area contributed by atoms with Crippen molar-refractivity contribution in [2.75, 3.05) is 14.2 Å². The molecule has 33 heavy (non-hydrogen) atoms. The van der Waals surface area contributed by atoms with Crippen molar-refractivity contribution < 1.29 is 9.53 Å². The lowest BCUT2D eigenvalue weighted by atomic mass is 10.1. The number of carbonyl (C=O) groups excluding carboxylic acids is 1. The third kappa shape index (κ3) is 4.51. The van der Waals surface area contributed by atoms with Gasteiger partial charge in [0.05, 0.1) is 36.2 Å². The first-order valence-electron chi connectivity index (χ1n) is 10.9. The normalized spacial score (nSPS) is 11.9. The van der Waals surface area contributed by atoms with E-state index in [0.717, 1.165) is 22.6 Å². The van der Waals surface area contributed by atoms with E-state index in [1.807, 2.05) is 80.6 Å². The number of ether oxygens (including phenoxy) is 1. The maximum atomic E-state index is 13.5. The Kier molecular flexibility index (Phi) is 6.27. The minimum atomic E-state index is -0.423. The molecule has 168 valence electrons. The van der Waals surface area contributed by atoms with E-state index >= 15 is 0 Å². The summed E-state index contributed by atoms with van der Waals surface area (Å²) in [5.74, 6) is 1.20. The van der Waals surface area contributed by atoms with E-state index in [2.05, 4.69) is 0 Å². The largest absolute Gasteiger partial charge is 0.497 e. The number of likely N-dealkylation sites (N-methyl/N-ethyl adjacent to an activating group) is 1. The van der Waals surface area contributed by atoms with Gasteiger partial charge in [0.25, 0.3) is 5.56 Å². The van der Waals surface area contributed by atoms with E-state index in [-0.39, 0.29) is 17.9 Å². The lowest BCUT2D eigenvalue weighted by Crippen LogP contribution is -2.35. The molecule has 4 aromatic rings. The second-order valence-corrected chi connectivity index (χ2v) is 8.17. The average molecular weight is 442 g/mol. The number of aromatic nitrogens is 2. The van der Waals surface area contributed by atoms with Crippen molar-refractivity contribution in [3.63, 3.8) is 0 Å². The molecule has 0 bridgehead atoms. The van der Waals surface area contributed by atoms with E-state index < -0.39 is 6.04 Å². The van der Waals surface area contributed by atoms with Gasteiger partial charge in [0, 0.05) is 7.05 Å². The van der Waals surface area contributed by atoms with Crippen LogP contribution < -0.4 is 10.3 Å². The first-order chi connectivity index (χ1) is 15.9. The average Bonchev–Trinajstić information content (AvgIpc) is 2.83. The first-order valence-corrected chi connectivity index (χ1v) is 10.9. The van der Waals surface area contributed by atoms with Crippen molar-refractivity contribution in [3.05, 3.63) is 100 Å². The van der Waals surface area contributed by atoms with E-state index in [1.165, 1.54) is 0 Å². The molecule has 1 atom stereocenters. The molecule has 1 aromatic heterocycles. The zero-order chi connectivity index (χ0) is 23.5. The standard InChI is InChI=1S/C27H27N3O3/c1-18-8-7-9-21(16-18)30-26(28-24-11-6-5-10-23(24)27(30)32)19(2)29(3)25(31)17-20-12-14-22(33-4)15-13-20/h5-16,19H,17H2,1-4H3. The molecule has 0 fully saturated rings. The Labute approximate surface area is 193 Å². The summed E-state index contributed by atoms with van der Waals surface area (Å²) in [5.41, 5.74) is 3.13. The lowest BCUT2D eigenvalue weighted by Gasteiger charge is -2.27. The molecule has 3 aromatic carbocycles. The fraction of sp³-hybridized carbons (Fsp3) is 0.222. The summed E-state index contributed by atoms with van der Waals surface area (Å²) in [6, 6.07) is 22.1. The quantitative estimate of drug-likeness (QED) is 0.443. The highest BCUT2D eigenvalue weighted by Gasteiger charge is 2.24. The summed E-state index contributed by atoms with van der Waals surface area (Å²) in [4.78, 5) is 33.1. The van der Waals surface area contributed by atoms with Crippen LogP contribution in [0, 0.1) is 6.92 Å². The maximum Gasteiger partial charge on any atom is 0.266 e. The Morgan fingerprint density at radius 2 is 1.79 bits per heavy atom. The van der Waals surface area contributed by atoms with Gasteiger partial charge in [-0.1, -0.05) is 36.4 Å². The van der Waals surface area contributed by atoms with Crippen LogP contribution in [0.25, 0.3) is 16.6 Å². The van der Waals surface area contributed by atoms with Gasteiger partial charge >= 0.3 is 0 Å². The molecule has 4 rings (SSSR count). The molecule has 1 amide bonds. The van der Waals surface area contributed by atoms with Crippen molar-refractivity contribution in [2.45, 2.75) is 26.3 Å². The molecule has 6 heteroatoms. The maximum absolute atomic E-state index is 13.5. The highest BCUT2D eigenvalue weighted by atomic mass is 16.5. The van der Waals surface area contributed by atoms with Crippen LogP contribution in [-0.4, -0.2) is 34.5 Å². The first kappa shape index (κ1) is 22.3. The summed E-state index contributed by atoms with van der Waals surface area (Å²) in [7, 11) is 3.36. The number of benzene rings is 3. The van der Waals surface area contributed by atoms with Gasteiger partial charge in [0.1, 0.15) is 11.6 Å². The zero-order valence-electron chi connectivity index (χ0n) is 19.3. The van der Waals surface area contributed by atoms with Crippen LogP contribution in [0.3, 0.4) is 0 Å². The number of fused-ring (bicyclic) bond motifs is 1.